The molecule has 1 aromatic heterocycles. The zero-order valence-corrected chi connectivity index (χ0v) is 26.0. The van der Waals surface area contributed by atoms with Gasteiger partial charge in [0.25, 0.3) is 5.91 Å². The Hall–Kier alpha value is -3.13. The number of nitrogens with zero attached hydrogens (tertiary/aromatic N) is 2. The van der Waals surface area contributed by atoms with Crippen molar-refractivity contribution in [2.75, 3.05) is 32.9 Å². The number of aromatic nitrogens is 1. The van der Waals surface area contributed by atoms with Crippen LogP contribution in [0.5, 0.6) is 5.75 Å². The van der Waals surface area contributed by atoms with E-state index >= 15 is 0 Å². The zero-order chi connectivity index (χ0) is 31.4. The van der Waals surface area contributed by atoms with Crippen LogP contribution in [0.15, 0.2) is 23.7 Å². The molecule has 1 aliphatic carbocycles. The van der Waals surface area contributed by atoms with Crippen LogP contribution in [0.1, 0.15) is 51.3 Å². The number of aliphatic hydroxyl groups is 1. The van der Waals surface area contributed by atoms with Crippen molar-refractivity contribution in [3.63, 3.8) is 0 Å². The highest BCUT2D eigenvalue weighted by atomic mass is 32.1. The maximum absolute atomic E-state index is 14.4. The molecule has 0 spiro atoms. The minimum Gasteiger partial charge on any atom is -0.491 e. The van der Waals surface area contributed by atoms with E-state index in [1.165, 1.54) is 16.2 Å². The number of thiazole rings is 1. The van der Waals surface area contributed by atoms with E-state index in [4.69, 9.17) is 15.2 Å². The molecular weight excluding hydrogens is 577 g/mol. The molecule has 2 aliphatic rings. The van der Waals surface area contributed by atoms with Gasteiger partial charge in [-0.2, -0.15) is 0 Å². The maximum Gasteiger partial charge on any atom is 0.258 e. The number of rotatable bonds is 13. The van der Waals surface area contributed by atoms with Gasteiger partial charge in [-0.15, -0.1) is 11.3 Å². The number of carbonyl (C=O) groups is 3. The van der Waals surface area contributed by atoms with E-state index in [1.54, 1.807) is 26.3 Å². The van der Waals surface area contributed by atoms with Gasteiger partial charge in [0.05, 0.1) is 35.4 Å². The van der Waals surface area contributed by atoms with Crippen LogP contribution in [0.25, 0.3) is 10.4 Å². The summed E-state index contributed by atoms with van der Waals surface area (Å²) in [6.07, 6.45) is -0.634. The summed E-state index contributed by atoms with van der Waals surface area (Å²) in [5, 5.41) is 15.9. The number of ether oxygens (including phenoxy) is 2. The van der Waals surface area contributed by atoms with E-state index in [0.29, 0.717) is 31.1 Å². The molecule has 2 unspecified atom stereocenters. The van der Waals surface area contributed by atoms with Crippen LogP contribution in [0, 0.1) is 12.3 Å². The van der Waals surface area contributed by atoms with Gasteiger partial charge in [0.15, 0.2) is 5.67 Å². The lowest BCUT2D eigenvalue weighted by Crippen LogP contribution is -2.59. The van der Waals surface area contributed by atoms with E-state index in [1.807, 2.05) is 25.1 Å². The molecule has 0 bridgehead atoms. The summed E-state index contributed by atoms with van der Waals surface area (Å²) < 4.78 is 25.9. The predicted octanol–water partition coefficient (Wildman–Crippen LogP) is 2.08. The van der Waals surface area contributed by atoms with Crippen LogP contribution >= 0.6 is 11.3 Å². The largest absolute Gasteiger partial charge is 0.491 e. The number of nitrogens with one attached hydrogen (secondary N) is 2. The molecular formula is C30H42FN5O6S. The first-order valence-corrected chi connectivity index (χ1v) is 15.4. The van der Waals surface area contributed by atoms with Crippen molar-refractivity contribution in [1.82, 2.24) is 20.5 Å². The number of nitrogens with two attached hydrogens (primary N) is 1. The first kappa shape index (κ1) is 32.8. The number of hydrogen-bond acceptors (Lipinski definition) is 9. The van der Waals surface area contributed by atoms with Gasteiger partial charge in [-0.3, -0.25) is 14.4 Å². The van der Waals surface area contributed by atoms with E-state index in [-0.39, 0.29) is 39.0 Å². The first-order valence-electron chi connectivity index (χ1n) is 14.5. The van der Waals surface area contributed by atoms with Crippen LogP contribution in [-0.4, -0.2) is 89.5 Å². The third-order valence-electron chi connectivity index (χ3n) is 7.62. The number of hydrogen-bond donors (Lipinski definition) is 4. The Morgan fingerprint density at radius 3 is 2.63 bits per heavy atom. The number of β-amino-alcohol motifs (C(OH)–C–C–N with tert-alkyl or cyclic N) is 1. The summed E-state index contributed by atoms with van der Waals surface area (Å²) in [6, 6.07) is 3.67. The van der Waals surface area contributed by atoms with Crippen LogP contribution < -0.4 is 21.1 Å². The Labute approximate surface area is 255 Å². The van der Waals surface area contributed by atoms with Gasteiger partial charge in [-0.05, 0) is 36.8 Å². The number of aliphatic hydroxyl groups excluding tert-OH is 1. The minimum absolute atomic E-state index is 0.0425. The van der Waals surface area contributed by atoms with Crippen molar-refractivity contribution in [3.8, 4) is 16.2 Å². The van der Waals surface area contributed by atoms with Gasteiger partial charge in [0.1, 0.15) is 24.4 Å². The smallest absolute Gasteiger partial charge is 0.258 e. The Balaban J connectivity index is 1.47. The number of alkyl halides is 1. The summed E-state index contributed by atoms with van der Waals surface area (Å²) in [5.41, 5.74) is 7.10. The van der Waals surface area contributed by atoms with Crippen molar-refractivity contribution in [2.45, 2.75) is 77.4 Å². The number of carbonyl (C=O) groups excluding carboxylic acids is 3. The number of amides is 3. The lowest BCUT2D eigenvalue weighted by Gasteiger charge is -2.35. The molecule has 1 aromatic carbocycles. The van der Waals surface area contributed by atoms with Gasteiger partial charge >= 0.3 is 0 Å². The molecule has 3 amide bonds. The third kappa shape index (κ3) is 8.08. The van der Waals surface area contributed by atoms with Crippen molar-refractivity contribution in [1.29, 1.82) is 0 Å². The second-order valence-electron chi connectivity index (χ2n) is 12.2. The molecule has 2 heterocycles. The third-order valence-corrected chi connectivity index (χ3v) is 8.60. The highest BCUT2D eigenvalue weighted by Crippen LogP contribution is 2.40. The summed E-state index contributed by atoms with van der Waals surface area (Å²) >= 11 is 1.52. The van der Waals surface area contributed by atoms with Gasteiger partial charge < -0.3 is 35.8 Å². The van der Waals surface area contributed by atoms with Crippen molar-refractivity contribution in [2.24, 2.45) is 11.1 Å². The van der Waals surface area contributed by atoms with Crippen LogP contribution in [0.2, 0.25) is 0 Å². The van der Waals surface area contributed by atoms with Gasteiger partial charge in [-0.25, -0.2) is 9.37 Å². The van der Waals surface area contributed by atoms with Gasteiger partial charge in [0, 0.05) is 31.6 Å². The molecule has 2 aromatic rings. The molecule has 1 aliphatic heterocycles. The molecule has 236 valence electrons. The number of benzene rings is 1. The molecule has 1 saturated carbocycles. The summed E-state index contributed by atoms with van der Waals surface area (Å²) in [5.74, 6) is -1.24. The lowest BCUT2D eigenvalue weighted by molar-refractivity contribution is -0.145. The average Bonchev–Trinajstić information content (AvgIpc) is 3.37. The Kier molecular flexibility index (Phi) is 10.4. The monoisotopic (exact) mass is 619 g/mol. The van der Waals surface area contributed by atoms with Crippen LogP contribution in [0.3, 0.4) is 0 Å². The Morgan fingerprint density at radius 1 is 1.26 bits per heavy atom. The highest BCUT2D eigenvalue weighted by molar-refractivity contribution is 7.13. The van der Waals surface area contributed by atoms with Crippen molar-refractivity contribution >= 4 is 29.1 Å². The minimum atomic E-state index is -1.95. The predicted molar refractivity (Wildman–Crippen MR) is 160 cm³/mol. The normalized spacial score (nSPS) is 20.0. The van der Waals surface area contributed by atoms with Crippen LogP contribution in [0.4, 0.5) is 4.39 Å². The molecule has 13 heteroatoms. The molecule has 11 nitrogen and oxygen atoms in total. The highest BCUT2D eigenvalue weighted by Gasteiger charge is 2.53. The van der Waals surface area contributed by atoms with Gasteiger partial charge in [-0.1, -0.05) is 32.9 Å². The molecule has 4 rings (SSSR count). The van der Waals surface area contributed by atoms with Crippen LogP contribution in [-0.2, 0) is 25.7 Å². The van der Waals surface area contributed by atoms with E-state index in [2.05, 4.69) is 15.6 Å². The summed E-state index contributed by atoms with van der Waals surface area (Å²) in [4.78, 5) is 46.3. The zero-order valence-electron chi connectivity index (χ0n) is 25.2. The van der Waals surface area contributed by atoms with Gasteiger partial charge in [0.2, 0.25) is 11.8 Å². The fourth-order valence-corrected chi connectivity index (χ4v) is 5.77. The van der Waals surface area contributed by atoms with E-state index in [9.17, 15) is 23.9 Å². The molecule has 3 atom stereocenters. The topological polar surface area (TPSA) is 156 Å². The first-order chi connectivity index (χ1) is 20.3. The van der Waals surface area contributed by atoms with Crippen molar-refractivity contribution in [3.05, 3.63) is 35.0 Å². The molecule has 2 fully saturated rings. The quantitative estimate of drug-likeness (QED) is 0.249. The lowest BCUT2D eigenvalue weighted by atomic mass is 9.85. The van der Waals surface area contributed by atoms with Crippen molar-refractivity contribution < 1.29 is 33.4 Å². The molecule has 0 radical (unpaired) electrons. The van der Waals surface area contributed by atoms with E-state index < -0.39 is 47.0 Å². The standard InChI is InChI=1S/C30H42FN5O6S/c1-18-24(43-17-34-18)19-5-6-20(23(13-19)42-12-11-41-10-9-32)15-33-26(38)22-14-21(37)16-36(22)27(39)25(29(2,3)4)35-28(40)30(31)7-8-30/h5-6,13,17,21-22,25,37H,7-12,14-16,32H2,1-4H3,(H,33,38)(H,35,40)/t21?,22?,25-/m1/s1. The van der Waals surface area contributed by atoms with E-state index in [0.717, 1.165) is 16.1 Å². The summed E-state index contributed by atoms with van der Waals surface area (Å²) in [7, 11) is 0. The fourth-order valence-electron chi connectivity index (χ4n) is 4.97. The Morgan fingerprint density at radius 2 is 2.00 bits per heavy atom. The number of halogens is 1. The SMILES string of the molecule is Cc1ncsc1-c1ccc(CNC(=O)C2CC(O)CN2C(=O)[C@@H](NC(=O)C2(F)CC2)C(C)(C)C)c(OCCOCCN)c1. The average molecular weight is 620 g/mol. The maximum atomic E-state index is 14.4. The molecule has 43 heavy (non-hydrogen) atoms. The second kappa shape index (κ2) is 13.7. The summed E-state index contributed by atoms with van der Waals surface area (Å²) in [6.45, 7) is 8.71. The molecule has 1 saturated heterocycles. The molecule has 5 N–H and O–H groups in total. The number of aryl methyl sites for hydroxylation is 1. The Bertz CT molecular complexity index is 1310. The second-order valence-corrected chi connectivity index (χ2v) is 13.0. The fraction of sp³-hybridized carbons (Fsp3) is 0.600. The number of likely N-dealkylation sites (tertiary alicyclic amines) is 1.